The van der Waals surface area contributed by atoms with Crippen molar-refractivity contribution >= 4 is 12.2 Å². The molecule has 26 heavy (non-hydrogen) atoms. The van der Waals surface area contributed by atoms with E-state index >= 15 is 0 Å². The van der Waals surface area contributed by atoms with Crippen LogP contribution in [0.5, 0.6) is 0 Å². The fraction of sp³-hybridized carbons (Fsp3) is 0.556. The first-order valence-corrected chi connectivity index (χ1v) is 9.07. The first kappa shape index (κ1) is 19.7. The second kappa shape index (κ2) is 11.8. The van der Waals surface area contributed by atoms with Crippen LogP contribution in [-0.4, -0.2) is 44.5 Å². The van der Waals surface area contributed by atoms with Crippen molar-refractivity contribution in [2.24, 2.45) is 0 Å². The van der Waals surface area contributed by atoms with Crippen molar-refractivity contribution in [1.29, 1.82) is 0 Å². The minimum atomic E-state index is -0.378. The molecule has 2 heterocycles. The minimum Gasteiger partial charge on any atom is -0.449 e. The average Bonchev–Trinajstić information content (AvgIpc) is 3.35. The largest absolute Gasteiger partial charge is 0.449 e. The van der Waals surface area contributed by atoms with Gasteiger partial charge in [-0.3, -0.25) is 0 Å². The van der Waals surface area contributed by atoms with E-state index in [0.29, 0.717) is 13.2 Å². The van der Waals surface area contributed by atoms with Gasteiger partial charge < -0.3 is 9.47 Å². The zero-order valence-electron chi connectivity index (χ0n) is 15.0. The Morgan fingerprint density at radius 2 is 1.04 bits per heavy atom. The van der Waals surface area contributed by atoms with E-state index in [1.165, 1.54) is 34.6 Å². The summed E-state index contributed by atoms with van der Waals surface area (Å²) in [5, 5.41) is 0. The summed E-state index contributed by atoms with van der Waals surface area (Å²) in [4.78, 5) is 30.7. The van der Waals surface area contributed by atoms with Gasteiger partial charge in [0.25, 0.3) is 0 Å². The Hall–Kier alpha value is -2.64. The molecule has 0 aromatic carbocycles. The third-order valence-electron chi connectivity index (χ3n) is 3.92. The summed E-state index contributed by atoms with van der Waals surface area (Å²) in [5.41, 5.74) is 0. The Bertz CT molecular complexity index is 569. The SMILES string of the molecule is O=C(OCCCCCCCCCCOC(=O)n1ccnc1)n1ccnc1. The van der Waals surface area contributed by atoms with Crippen molar-refractivity contribution in [3.63, 3.8) is 0 Å². The monoisotopic (exact) mass is 362 g/mol. The van der Waals surface area contributed by atoms with Crippen LogP contribution in [0, 0.1) is 0 Å². The van der Waals surface area contributed by atoms with Crippen molar-refractivity contribution in [2.45, 2.75) is 51.4 Å². The lowest BCUT2D eigenvalue weighted by atomic mass is 10.1. The maximum Gasteiger partial charge on any atom is 0.419 e. The lowest BCUT2D eigenvalue weighted by Crippen LogP contribution is -2.12. The Labute approximate surface area is 153 Å². The van der Waals surface area contributed by atoms with Gasteiger partial charge in [-0.15, -0.1) is 0 Å². The molecule has 0 spiro atoms. The van der Waals surface area contributed by atoms with Crippen LogP contribution >= 0.6 is 0 Å². The number of carbonyl (C=O) groups excluding carboxylic acids is 2. The normalized spacial score (nSPS) is 10.6. The molecule has 0 N–H and O–H groups in total. The maximum absolute atomic E-state index is 11.5. The summed E-state index contributed by atoms with van der Waals surface area (Å²) >= 11 is 0. The molecule has 2 aromatic rings. The number of ether oxygens (including phenoxy) is 2. The van der Waals surface area contributed by atoms with Gasteiger partial charge in [-0.1, -0.05) is 38.5 Å². The maximum atomic E-state index is 11.5. The molecule has 8 nitrogen and oxygen atoms in total. The van der Waals surface area contributed by atoms with Crippen LogP contribution in [0.2, 0.25) is 0 Å². The van der Waals surface area contributed by atoms with Gasteiger partial charge in [0.15, 0.2) is 0 Å². The van der Waals surface area contributed by atoms with Crippen molar-refractivity contribution in [3.05, 3.63) is 37.4 Å². The van der Waals surface area contributed by atoms with Crippen molar-refractivity contribution in [3.8, 4) is 0 Å². The van der Waals surface area contributed by atoms with Gasteiger partial charge in [0.2, 0.25) is 0 Å². The van der Waals surface area contributed by atoms with Crippen molar-refractivity contribution < 1.29 is 19.1 Å². The van der Waals surface area contributed by atoms with E-state index in [9.17, 15) is 9.59 Å². The molecule has 0 atom stereocenters. The van der Waals surface area contributed by atoms with Crippen LogP contribution in [0.4, 0.5) is 9.59 Å². The van der Waals surface area contributed by atoms with Gasteiger partial charge in [0.05, 0.1) is 13.2 Å². The van der Waals surface area contributed by atoms with E-state index in [1.807, 2.05) is 0 Å². The van der Waals surface area contributed by atoms with Crippen LogP contribution in [0.3, 0.4) is 0 Å². The Morgan fingerprint density at radius 1 is 0.654 bits per heavy atom. The lowest BCUT2D eigenvalue weighted by molar-refractivity contribution is 0.144. The van der Waals surface area contributed by atoms with Gasteiger partial charge >= 0.3 is 12.2 Å². The van der Waals surface area contributed by atoms with E-state index < -0.39 is 0 Å². The molecule has 0 amide bonds. The van der Waals surface area contributed by atoms with E-state index in [2.05, 4.69) is 9.97 Å². The summed E-state index contributed by atoms with van der Waals surface area (Å²) < 4.78 is 12.9. The second-order valence-electron chi connectivity index (χ2n) is 6.00. The molecule has 142 valence electrons. The number of hydrogen-bond acceptors (Lipinski definition) is 6. The van der Waals surface area contributed by atoms with Gasteiger partial charge in [-0.25, -0.2) is 28.7 Å². The number of rotatable bonds is 11. The molecule has 0 unspecified atom stereocenters. The Balaban J connectivity index is 1.33. The predicted octanol–water partition coefficient (Wildman–Crippen LogP) is 3.87. The van der Waals surface area contributed by atoms with E-state index in [4.69, 9.17) is 9.47 Å². The number of imidazole rings is 2. The van der Waals surface area contributed by atoms with Gasteiger partial charge in [0, 0.05) is 24.8 Å². The first-order valence-electron chi connectivity index (χ1n) is 9.07. The second-order valence-corrected chi connectivity index (χ2v) is 6.00. The number of aromatic nitrogens is 4. The summed E-state index contributed by atoms with van der Waals surface area (Å²) in [6.45, 7) is 0.887. The predicted molar refractivity (Wildman–Crippen MR) is 94.9 cm³/mol. The van der Waals surface area contributed by atoms with Crippen LogP contribution < -0.4 is 0 Å². The number of hydrogen-bond donors (Lipinski definition) is 0. The highest BCUT2D eigenvalue weighted by Gasteiger charge is 2.04. The molecule has 0 bridgehead atoms. The molecule has 0 aliphatic rings. The minimum absolute atomic E-state index is 0.378. The van der Waals surface area contributed by atoms with E-state index in [0.717, 1.165) is 38.5 Å². The summed E-state index contributed by atoms with van der Waals surface area (Å²) in [6, 6.07) is 0. The molecular formula is C18H26N4O4. The highest BCUT2D eigenvalue weighted by atomic mass is 16.6. The van der Waals surface area contributed by atoms with Crippen LogP contribution in [0.1, 0.15) is 51.4 Å². The van der Waals surface area contributed by atoms with Gasteiger partial charge in [0.1, 0.15) is 12.7 Å². The number of unbranched alkanes of at least 4 members (excludes halogenated alkanes) is 7. The highest BCUT2D eigenvalue weighted by Crippen LogP contribution is 2.09. The van der Waals surface area contributed by atoms with E-state index in [-0.39, 0.29) is 12.2 Å². The number of carbonyl (C=O) groups is 2. The van der Waals surface area contributed by atoms with Crippen molar-refractivity contribution in [2.75, 3.05) is 13.2 Å². The first-order chi connectivity index (χ1) is 12.8. The zero-order chi connectivity index (χ0) is 18.5. The molecule has 8 heteroatoms. The summed E-state index contributed by atoms with van der Waals surface area (Å²) in [5.74, 6) is 0. The van der Waals surface area contributed by atoms with Gasteiger partial charge in [-0.05, 0) is 12.8 Å². The quantitative estimate of drug-likeness (QED) is 0.564. The molecule has 2 aromatic heterocycles. The summed E-state index contributed by atoms with van der Waals surface area (Å²) in [6.07, 6.45) is 16.8. The third kappa shape index (κ3) is 7.50. The van der Waals surface area contributed by atoms with Crippen LogP contribution in [0.25, 0.3) is 0 Å². The fourth-order valence-corrected chi connectivity index (χ4v) is 2.47. The molecule has 0 aliphatic heterocycles. The standard InChI is InChI=1S/C18H26N4O4/c23-17(21-11-9-19-15-21)25-13-7-5-3-1-2-4-6-8-14-26-18(24)22-12-10-20-16-22/h9-12,15-16H,1-8,13-14H2. The molecule has 0 aliphatic carbocycles. The smallest absolute Gasteiger partial charge is 0.419 e. The Kier molecular flexibility index (Phi) is 8.96. The average molecular weight is 362 g/mol. The molecule has 0 radical (unpaired) electrons. The topological polar surface area (TPSA) is 88.2 Å². The fourth-order valence-electron chi connectivity index (χ4n) is 2.47. The van der Waals surface area contributed by atoms with E-state index in [1.54, 1.807) is 24.8 Å². The number of nitrogens with zero attached hydrogens (tertiary/aromatic N) is 4. The summed E-state index contributed by atoms with van der Waals surface area (Å²) in [7, 11) is 0. The third-order valence-corrected chi connectivity index (χ3v) is 3.92. The molecule has 2 rings (SSSR count). The lowest BCUT2D eigenvalue weighted by Gasteiger charge is -2.05. The van der Waals surface area contributed by atoms with Gasteiger partial charge in [-0.2, -0.15) is 0 Å². The molecule has 0 saturated carbocycles. The van der Waals surface area contributed by atoms with Crippen LogP contribution in [0.15, 0.2) is 37.4 Å². The molecule has 0 saturated heterocycles. The molecular weight excluding hydrogens is 336 g/mol. The zero-order valence-corrected chi connectivity index (χ0v) is 15.0. The highest BCUT2D eigenvalue weighted by molar-refractivity contribution is 5.70. The van der Waals surface area contributed by atoms with Crippen LogP contribution in [-0.2, 0) is 9.47 Å². The molecule has 0 fully saturated rings. The van der Waals surface area contributed by atoms with Crippen molar-refractivity contribution in [1.82, 2.24) is 19.1 Å². The Morgan fingerprint density at radius 3 is 1.38 bits per heavy atom.